The molecule has 0 saturated heterocycles. The van der Waals surface area contributed by atoms with Crippen molar-refractivity contribution in [3.05, 3.63) is 58.6 Å². The van der Waals surface area contributed by atoms with Gasteiger partial charge in [0.15, 0.2) is 6.61 Å². The molecule has 174 valence electrons. The molecule has 0 radical (unpaired) electrons. The van der Waals surface area contributed by atoms with E-state index in [1.807, 2.05) is 52.0 Å². The predicted molar refractivity (Wildman–Crippen MR) is 127 cm³/mol. The number of amides is 2. The SMILES string of the molecule is CC[C@@H](C)NC(=O)[C@@H](CC)N(Cc1ccc(OC)cc1)C(=O)COc1ccc(Cl)c(C)c1. The number of nitrogens with zero attached hydrogens (tertiary/aromatic N) is 1. The van der Waals surface area contributed by atoms with E-state index in [1.54, 1.807) is 30.2 Å². The summed E-state index contributed by atoms with van der Waals surface area (Å²) in [6, 6.07) is 12.1. The predicted octanol–water partition coefficient (Wildman–Crippen LogP) is 4.76. The van der Waals surface area contributed by atoms with Crippen molar-refractivity contribution in [2.24, 2.45) is 0 Å². The third kappa shape index (κ3) is 7.16. The molecule has 1 N–H and O–H groups in total. The molecule has 0 spiro atoms. The van der Waals surface area contributed by atoms with Crippen molar-refractivity contribution in [2.45, 2.75) is 59.2 Å². The normalized spacial score (nSPS) is 12.6. The third-order valence-corrected chi connectivity index (χ3v) is 5.81. The second kappa shape index (κ2) is 12.3. The molecule has 7 heteroatoms. The standard InChI is InChI=1S/C25H33ClN2O4/c1-6-18(4)27-25(30)23(7-2)28(15-19-8-10-20(31-5)11-9-19)24(29)16-32-21-12-13-22(26)17(3)14-21/h8-14,18,23H,6-7,15-16H2,1-5H3,(H,27,30)/t18-,23-/m1/s1. The van der Waals surface area contributed by atoms with E-state index in [4.69, 9.17) is 21.1 Å². The van der Waals surface area contributed by atoms with Crippen LogP contribution in [-0.4, -0.2) is 42.5 Å². The van der Waals surface area contributed by atoms with E-state index in [0.29, 0.717) is 17.2 Å². The fourth-order valence-electron chi connectivity index (χ4n) is 3.22. The molecule has 2 aromatic carbocycles. The van der Waals surface area contributed by atoms with Crippen molar-refractivity contribution >= 4 is 23.4 Å². The molecule has 0 aromatic heterocycles. The minimum absolute atomic E-state index is 0.0304. The Bertz CT molecular complexity index is 901. The first-order valence-electron chi connectivity index (χ1n) is 10.9. The van der Waals surface area contributed by atoms with E-state index in [2.05, 4.69) is 5.32 Å². The van der Waals surface area contributed by atoms with Gasteiger partial charge in [-0.2, -0.15) is 0 Å². The second-order valence-corrected chi connectivity index (χ2v) is 8.22. The lowest BCUT2D eigenvalue weighted by molar-refractivity contribution is -0.143. The zero-order chi connectivity index (χ0) is 23.7. The van der Waals surface area contributed by atoms with Crippen LogP contribution >= 0.6 is 11.6 Å². The third-order valence-electron chi connectivity index (χ3n) is 5.39. The number of halogens is 1. The van der Waals surface area contributed by atoms with Crippen molar-refractivity contribution in [2.75, 3.05) is 13.7 Å². The zero-order valence-electron chi connectivity index (χ0n) is 19.5. The molecule has 6 nitrogen and oxygen atoms in total. The van der Waals surface area contributed by atoms with Crippen LogP contribution in [0.4, 0.5) is 0 Å². The van der Waals surface area contributed by atoms with E-state index >= 15 is 0 Å². The lowest BCUT2D eigenvalue weighted by Gasteiger charge is -2.31. The van der Waals surface area contributed by atoms with E-state index in [1.165, 1.54) is 0 Å². The molecule has 0 saturated carbocycles. The number of ether oxygens (including phenoxy) is 2. The van der Waals surface area contributed by atoms with Crippen LogP contribution in [0.25, 0.3) is 0 Å². The van der Waals surface area contributed by atoms with E-state index in [9.17, 15) is 9.59 Å². The summed E-state index contributed by atoms with van der Waals surface area (Å²) in [4.78, 5) is 27.8. The number of methoxy groups -OCH3 is 1. The Labute approximate surface area is 195 Å². The Morgan fingerprint density at radius 1 is 1.06 bits per heavy atom. The number of hydrogen-bond acceptors (Lipinski definition) is 4. The van der Waals surface area contributed by atoms with Gasteiger partial charge in [-0.1, -0.05) is 37.6 Å². The maximum absolute atomic E-state index is 13.2. The molecule has 0 aliphatic carbocycles. The number of aryl methyl sites for hydroxylation is 1. The summed E-state index contributed by atoms with van der Waals surface area (Å²) in [5.41, 5.74) is 1.77. The average Bonchev–Trinajstić information content (AvgIpc) is 2.79. The van der Waals surface area contributed by atoms with E-state index in [0.717, 1.165) is 23.3 Å². The van der Waals surface area contributed by atoms with Crippen LogP contribution in [0.15, 0.2) is 42.5 Å². The highest BCUT2D eigenvalue weighted by Crippen LogP contribution is 2.22. The first-order valence-corrected chi connectivity index (χ1v) is 11.3. The molecule has 2 aromatic rings. The van der Waals surface area contributed by atoms with Gasteiger partial charge in [-0.15, -0.1) is 0 Å². The molecule has 0 unspecified atom stereocenters. The summed E-state index contributed by atoms with van der Waals surface area (Å²) >= 11 is 6.07. The highest BCUT2D eigenvalue weighted by atomic mass is 35.5. The number of benzene rings is 2. The monoisotopic (exact) mass is 460 g/mol. The first kappa shape index (κ1) is 25.5. The summed E-state index contributed by atoms with van der Waals surface area (Å²) in [6.45, 7) is 7.85. The highest BCUT2D eigenvalue weighted by Gasteiger charge is 2.29. The second-order valence-electron chi connectivity index (χ2n) is 7.81. The van der Waals surface area contributed by atoms with Gasteiger partial charge in [-0.05, 0) is 68.1 Å². The van der Waals surface area contributed by atoms with Crippen LogP contribution in [0.3, 0.4) is 0 Å². The van der Waals surface area contributed by atoms with Crippen LogP contribution in [-0.2, 0) is 16.1 Å². The molecular weight excluding hydrogens is 428 g/mol. The number of nitrogens with one attached hydrogen (secondary N) is 1. The Morgan fingerprint density at radius 2 is 1.72 bits per heavy atom. The minimum atomic E-state index is -0.603. The van der Waals surface area contributed by atoms with Gasteiger partial charge in [0.2, 0.25) is 5.91 Å². The average molecular weight is 461 g/mol. The van der Waals surface area contributed by atoms with E-state index < -0.39 is 6.04 Å². The molecule has 0 heterocycles. The Balaban J connectivity index is 2.22. The molecule has 2 rings (SSSR count). The summed E-state index contributed by atoms with van der Waals surface area (Å²) in [5.74, 6) is 0.863. The van der Waals surface area contributed by atoms with Gasteiger partial charge >= 0.3 is 0 Å². The minimum Gasteiger partial charge on any atom is -0.497 e. The lowest BCUT2D eigenvalue weighted by Crippen LogP contribution is -2.51. The van der Waals surface area contributed by atoms with Crippen molar-refractivity contribution in [3.8, 4) is 11.5 Å². The van der Waals surface area contributed by atoms with Crippen LogP contribution in [0.2, 0.25) is 5.02 Å². The van der Waals surface area contributed by atoms with Crippen LogP contribution < -0.4 is 14.8 Å². The maximum atomic E-state index is 13.2. The fourth-order valence-corrected chi connectivity index (χ4v) is 3.34. The molecule has 0 aliphatic heterocycles. The summed E-state index contributed by atoms with van der Waals surface area (Å²) in [6.07, 6.45) is 1.30. The molecule has 0 aliphatic rings. The number of carbonyl (C=O) groups excluding carboxylic acids is 2. The van der Waals surface area contributed by atoms with Crippen molar-refractivity contribution in [1.82, 2.24) is 10.2 Å². The molecule has 2 amide bonds. The molecule has 0 fully saturated rings. The first-order chi connectivity index (χ1) is 15.3. The van der Waals surface area contributed by atoms with Gasteiger partial charge in [0.1, 0.15) is 17.5 Å². The van der Waals surface area contributed by atoms with Gasteiger partial charge in [-0.3, -0.25) is 9.59 Å². The highest BCUT2D eigenvalue weighted by molar-refractivity contribution is 6.31. The van der Waals surface area contributed by atoms with Crippen molar-refractivity contribution in [1.29, 1.82) is 0 Å². The van der Waals surface area contributed by atoms with Gasteiger partial charge in [0, 0.05) is 17.6 Å². The van der Waals surface area contributed by atoms with Crippen molar-refractivity contribution in [3.63, 3.8) is 0 Å². The van der Waals surface area contributed by atoms with Crippen LogP contribution in [0.5, 0.6) is 11.5 Å². The Morgan fingerprint density at radius 3 is 2.28 bits per heavy atom. The number of carbonyl (C=O) groups is 2. The molecule has 32 heavy (non-hydrogen) atoms. The summed E-state index contributed by atoms with van der Waals surface area (Å²) in [7, 11) is 1.60. The largest absolute Gasteiger partial charge is 0.497 e. The van der Waals surface area contributed by atoms with Crippen LogP contribution in [0, 0.1) is 6.92 Å². The lowest BCUT2D eigenvalue weighted by atomic mass is 10.1. The fraction of sp³-hybridized carbons (Fsp3) is 0.440. The van der Waals surface area contributed by atoms with Gasteiger partial charge in [-0.25, -0.2) is 0 Å². The maximum Gasteiger partial charge on any atom is 0.261 e. The number of rotatable bonds is 11. The van der Waals surface area contributed by atoms with Gasteiger partial charge < -0.3 is 19.7 Å². The summed E-state index contributed by atoms with van der Waals surface area (Å²) in [5, 5.41) is 3.64. The molecule has 0 bridgehead atoms. The van der Waals surface area contributed by atoms with Gasteiger partial charge in [0.05, 0.1) is 7.11 Å². The Kier molecular flexibility index (Phi) is 9.85. The molecule has 2 atom stereocenters. The van der Waals surface area contributed by atoms with Crippen LogP contribution in [0.1, 0.15) is 44.7 Å². The smallest absolute Gasteiger partial charge is 0.261 e. The molecular formula is C25H33ClN2O4. The van der Waals surface area contributed by atoms with Crippen molar-refractivity contribution < 1.29 is 19.1 Å². The number of hydrogen-bond donors (Lipinski definition) is 1. The Hall–Kier alpha value is -2.73. The zero-order valence-corrected chi connectivity index (χ0v) is 20.2. The topological polar surface area (TPSA) is 67.9 Å². The quantitative estimate of drug-likeness (QED) is 0.525. The van der Waals surface area contributed by atoms with E-state index in [-0.39, 0.29) is 31.0 Å². The van der Waals surface area contributed by atoms with Gasteiger partial charge in [0.25, 0.3) is 5.91 Å². The summed E-state index contributed by atoms with van der Waals surface area (Å²) < 4.78 is 10.9.